The van der Waals surface area contributed by atoms with Crippen LogP contribution < -0.4 is 11.3 Å². The maximum absolute atomic E-state index is 5.70. The largest absolute Gasteiger partial charge is 0.271 e. The van der Waals surface area contributed by atoms with Gasteiger partial charge in [-0.2, -0.15) is 0 Å². The number of hydrazine groups is 1. The van der Waals surface area contributed by atoms with Crippen LogP contribution in [0.25, 0.3) is 10.8 Å². The van der Waals surface area contributed by atoms with E-state index in [1.807, 2.05) is 29.1 Å². The van der Waals surface area contributed by atoms with Gasteiger partial charge in [0, 0.05) is 5.38 Å². The average Bonchev–Trinajstić information content (AvgIpc) is 2.94. The Balaban J connectivity index is 2.18. The van der Waals surface area contributed by atoms with Gasteiger partial charge < -0.3 is 0 Å². The summed E-state index contributed by atoms with van der Waals surface area (Å²) in [6.45, 7) is 0. The maximum Gasteiger partial charge on any atom is 0.0895 e. The standard InChI is InChI=1S/C14H13N3S/c15-17-14(13-8-18-9-16-13)12-7-3-5-10-4-1-2-6-11(10)12/h1-9,14,17H,15H2. The fourth-order valence-electron chi connectivity index (χ4n) is 2.20. The fourth-order valence-corrected chi connectivity index (χ4v) is 2.78. The predicted molar refractivity (Wildman–Crippen MR) is 75.2 cm³/mol. The first-order valence-corrected chi connectivity index (χ1v) is 6.66. The number of benzene rings is 2. The van der Waals surface area contributed by atoms with E-state index in [-0.39, 0.29) is 6.04 Å². The molecule has 4 heteroatoms. The molecule has 0 amide bonds. The fraction of sp³-hybridized carbons (Fsp3) is 0.0714. The van der Waals surface area contributed by atoms with Crippen LogP contribution in [0, 0.1) is 0 Å². The van der Waals surface area contributed by atoms with Gasteiger partial charge in [0.2, 0.25) is 0 Å². The molecule has 1 aromatic heterocycles. The Morgan fingerprint density at radius 1 is 1.11 bits per heavy atom. The van der Waals surface area contributed by atoms with E-state index in [9.17, 15) is 0 Å². The molecule has 3 nitrogen and oxygen atoms in total. The minimum Gasteiger partial charge on any atom is -0.271 e. The van der Waals surface area contributed by atoms with Gasteiger partial charge in [-0.15, -0.1) is 11.3 Å². The van der Waals surface area contributed by atoms with Crippen LogP contribution in [0.2, 0.25) is 0 Å². The lowest BCUT2D eigenvalue weighted by atomic mass is 9.97. The first kappa shape index (κ1) is 11.3. The van der Waals surface area contributed by atoms with E-state index in [0.29, 0.717) is 0 Å². The van der Waals surface area contributed by atoms with Crippen LogP contribution >= 0.6 is 11.3 Å². The van der Waals surface area contributed by atoms with E-state index < -0.39 is 0 Å². The topological polar surface area (TPSA) is 50.9 Å². The summed E-state index contributed by atoms with van der Waals surface area (Å²) in [5.74, 6) is 5.70. The lowest BCUT2D eigenvalue weighted by Gasteiger charge is -2.16. The molecule has 0 saturated heterocycles. The molecular weight excluding hydrogens is 242 g/mol. The summed E-state index contributed by atoms with van der Waals surface area (Å²) >= 11 is 1.58. The van der Waals surface area contributed by atoms with Crippen molar-refractivity contribution in [2.24, 2.45) is 5.84 Å². The molecule has 3 aromatic rings. The number of fused-ring (bicyclic) bond motifs is 1. The molecule has 3 N–H and O–H groups in total. The molecule has 0 aliphatic heterocycles. The van der Waals surface area contributed by atoms with Gasteiger partial charge in [0.1, 0.15) is 0 Å². The van der Waals surface area contributed by atoms with Gasteiger partial charge in [0.05, 0.1) is 17.2 Å². The zero-order chi connectivity index (χ0) is 12.4. The molecule has 1 heterocycles. The molecule has 90 valence electrons. The average molecular weight is 255 g/mol. The Morgan fingerprint density at radius 3 is 2.72 bits per heavy atom. The highest BCUT2D eigenvalue weighted by Gasteiger charge is 2.16. The maximum atomic E-state index is 5.70. The van der Waals surface area contributed by atoms with Gasteiger partial charge in [-0.05, 0) is 16.3 Å². The number of hydrogen-bond acceptors (Lipinski definition) is 4. The molecule has 2 aromatic carbocycles. The van der Waals surface area contributed by atoms with Crippen LogP contribution in [-0.4, -0.2) is 4.98 Å². The van der Waals surface area contributed by atoms with E-state index in [0.717, 1.165) is 11.3 Å². The molecule has 0 saturated carbocycles. The minimum absolute atomic E-state index is 0.0673. The Kier molecular flexibility index (Phi) is 3.06. The van der Waals surface area contributed by atoms with Crippen LogP contribution in [0.1, 0.15) is 17.3 Å². The third-order valence-corrected chi connectivity index (χ3v) is 3.65. The summed E-state index contributed by atoms with van der Waals surface area (Å²) in [7, 11) is 0. The summed E-state index contributed by atoms with van der Waals surface area (Å²) in [4.78, 5) is 4.35. The molecule has 0 aliphatic carbocycles. The van der Waals surface area contributed by atoms with Crippen molar-refractivity contribution in [3.8, 4) is 0 Å². The highest BCUT2D eigenvalue weighted by Crippen LogP contribution is 2.28. The van der Waals surface area contributed by atoms with Crippen molar-refractivity contribution < 1.29 is 0 Å². The van der Waals surface area contributed by atoms with Crippen LogP contribution in [0.15, 0.2) is 53.4 Å². The molecule has 0 bridgehead atoms. The van der Waals surface area contributed by atoms with Gasteiger partial charge in [-0.1, -0.05) is 42.5 Å². The van der Waals surface area contributed by atoms with Crippen molar-refractivity contribution in [2.45, 2.75) is 6.04 Å². The number of nitrogens with one attached hydrogen (secondary N) is 1. The molecule has 0 radical (unpaired) electrons. The second-order valence-corrected chi connectivity index (χ2v) is 4.80. The highest BCUT2D eigenvalue weighted by atomic mass is 32.1. The van der Waals surface area contributed by atoms with Gasteiger partial charge in [-0.3, -0.25) is 5.84 Å². The molecule has 1 unspecified atom stereocenters. The molecular formula is C14H13N3S. The second kappa shape index (κ2) is 4.86. The van der Waals surface area contributed by atoms with Crippen molar-refractivity contribution in [3.05, 3.63) is 64.6 Å². The van der Waals surface area contributed by atoms with Crippen LogP contribution in [0.4, 0.5) is 0 Å². The minimum atomic E-state index is -0.0673. The predicted octanol–water partition coefficient (Wildman–Crippen LogP) is 2.85. The Hall–Kier alpha value is -1.75. The van der Waals surface area contributed by atoms with Crippen LogP contribution in [0.3, 0.4) is 0 Å². The van der Waals surface area contributed by atoms with Gasteiger partial charge in [0.15, 0.2) is 0 Å². The quantitative estimate of drug-likeness (QED) is 0.559. The Morgan fingerprint density at radius 2 is 1.94 bits per heavy atom. The SMILES string of the molecule is NNC(c1cscn1)c1cccc2ccccc12. The number of aromatic nitrogens is 1. The number of nitrogens with two attached hydrogens (primary N) is 1. The molecule has 0 fully saturated rings. The zero-order valence-corrected chi connectivity index (χ0v) is 10.5. The van der Waals surface area contributed by atoms with Crippen molar-refractivity contribution in [1.29, 1.82) is 0 Å². The number of hydrogen-bond donors (Lipinski definition) is 2. The van der Waals surface area contributed by atoms with E-state index in [4.69, 9.17) is 5.84 Å². The lowest BCUT2D eigenvalue weighted by molar-refractivity contribution is 0.628. The van der Waals surface area contributed by atoms with E-state index in [1.165, 1.54) is 10.8 Å². The summed E-state index contributed by atoms with van der Waals surface area (Å²) < 4.78 is 0. The third kappa shape index (κ3) is 1.90. The van der Waals surface area contributed by atoms with Gasteiger partial charge >= 0.3 is 0 Å². The monoisotopic (exact) mass is 255 g/mol. The first-order valence-electron chi connectivity index (χ1n) is 5.72. The lowest BCUT2D eigenvalue weighted by Crippen LogP contribution is -2.29. The van der Waals surface area contributed by atoms with Gasteiger partial charge in [0.25, 0.3) is 0 Å². The zero-order valence-electron chi connectivity index (χ0n) is 9.71. The Bertz CT molecular complexity index is 644. The van der Waals surface area contributed by atoms with Crippen molar-refractivity contribution in [3.63, 3.8) is 0 Å². The van der Waals surface area contributed by atoms with Crippen molar-refractivity contribution >= 4 is 22.1 Å². The van der Waals surface area contributed by atoms with Crippen LogP contribution in [0.5, 0.6) is 0 Å². The van der Waals surface area contributed by atoms with Gasteiger partial charge in [-0.25, -0.2) is 10.4 Å². The molecule has 0 spiro atoms. The second-order valence-electron chi connectivity index (χ2n) is 4.08. The number of nitrogens with zero attached hydrogens (tertiary/aromatic N) is 1. The first-order chi connectivity index (χ1) is 8.90. The van der Waals surface area contributed by atoms with E-state index in [2.05, 4.69) is 34.7 Å². The summed E-state index contributed by atoms with van der Waals surface area (Å²) in [6.07, 6.45) is 0. The van der Waals surface area contributed by atoms with E-state index >= 15 is 0 Å². The molecule has 1 atom stereocenters. The number of rotatable bonds is 3. The Labute approximate surface area is 109 Å². The molecule has 18 heavy (non-hydrogen) atoms. The smallest absolute Gasteiger partial charge is 0.0895 e. The highest BCUT2D eigenvalue weighted by molar-refractivity contribution is 7.07. The summed E-state index contributed by atoms with van der Waals surface area (Å²) in [5.41, 5.74) is 6.79. The summed E-state index contributed by atoms with van der Waals surface area (Å²) in [5, 5.41) is 4.44. The van der Waals surface area contributed by atoms with E-state index in [1.54, 1.807) is 11.3 Å². The van der Waals surface area contributed by atoms with Crippen molar-refractivity contribution in [2.75, 3.05) is 0 Å². The number of thiazole rings is 1. The molecule has 0 aliphatic rings. The normalized spacial score (nSPS) is 12.7. The molecule has 3 rings (SSSR count). The van der Waals surface area contributed by atoms with Crippen molar-refractivity contribution in [1.82, 2.24) is 10.4 Å². The summed E-state index contributed by atoms with van der Waals surface area (Å²) in [6, 6.07) is 14.5. The van der Waals surface area contributed by atoms with Crippen LogP contribution in [-0.2, 0) is 0 Å². The third-order valence-electron chi connectivity index (χ3n) is 3.05.